The first-order chi connectivity index (χ1) is 13.2. The third-order valence-electron chi connectivity index (χ3n) is 4.84. The van der Waals surface area contributed by atoms with Gasteiger partial charge in [-0.25, -0.2) is 0 Å². The maximum Gasteiger partial charge on any atom is 0.145 e. The van der Waals surface area contributed by atoms with Crippen LogP contribution in [0.1, 0.15) is 17.5 Å². The number of benzene rings is 2. The summed E-state index contributed by atoms with van der Waals surface area (Å²) in [4.78, 5) is 12.4. The lowest BCUT2D eigenvalue weighted by molar-refractivity contribution is 0.0577. The first kappa shape index (κ1) is 17.5. The molecule has 0 saturated heterocycles. The largest absolute Gasteiger partial charge is 0.494 e. The monoisotopic (exact) mass is 361 g/mol. The van der Waals surface area contributed by atoms with E-state index in [4.69, 9.17) is 9.57 Å². The number of likely N-dealkylation sites (N-methyl/N-ethyl adjacent to an activating group) is 1. The summed E-state index contributed by atoms with van der Waals surface area (Å²) in [6, 6.07) is 18.4. The SMILES string of the molecule is COc1ccc(CN(C)C[C@H]2CC(c3ccccc3)=NO2)c2cccnc12. The lowest BCUT2D eigenvalue weighted by Gasteiger charge is -2.20. The Hall–Kier alpha value is -2.92. The highest BCUT2D eigenvalue weighted by atomic mass is 16.6. The van der Waals surface area contributed by atoms with Crippen molar-refractivity contribution in [1.82, 2.24) is 9.88 Å². The Morgan fingerprint density at radius 3 is 2.78 bits per heavy atom. The van der Waals surface area contributed by atoms with Crippen molar-refractivity contribution in [3.05, 3.63) is 71.9 Å². The Morgan fingerprint density at radius 2 is 1.96 bits per heavy atom. The predicted molar refractivity (Wildman–Crippen MR) is 107 cm³/mol. The van der Waals surface area contributed by atoms with Crippen molar-refractivity contribution in [1.29, 1.82) is 0 Å². The molecule has 0 spiro atoms. The van der Waals surface area contributed by atoms with E-state index < -0.39 is 0 Å². The Balaban J connectivity index is 1.42. The zero-order valence-corrected chi connectivity index (χ0v) is 15.6. The molecule has 0 fully saturated rings. The van der Waals surface area contributed by atoms with Gasteiger partial charge in [-0.2, -0.15) is 0 Å². The quantitative estimate of drug-likeness (QED) is 0.669. The van der Waals surface area contributed by atoms with E-state index >= 15 is 0 Å². The zero-order chi connectivity index (χ0) is 18.6. The average Bonchev–Trinajstić information content (AvgIpc) is 3.17. The smallest absolute Gasteiger partial charge is 0.145 e. The average molecular weight is 361 g/mol. The lowest BCUT2D eigenvalue weighted by atomic mass is 10.0. The first-order valence-corrected chi connectivity index (χ1v) is 9.12. The normalized spacial score (nSPS) is 16.4. The van der Waals surface area contributed by atoms with E-state index in [9.17, 15) is 0 Å². The zero-order valence-electron chi connectivity index (χ0n) is 15.6. The maximum atomic E-state index is 5.67. The van der Waals surface area contributed by atoms with Crippen LogP contribution in [-0.4, -0.2) is 42.4 Å². The second-order valence-electron chi connectivity index (χ2n) is 6.86. The van der Waals surface area contributed by atoms with Gasteiger partial charge in [0.25, 0.3) is 0 Å². The number of hydrogen-bond acceptors (Lipinski definition) is 5. The standard InChI is InChI=1S/C22H23N3O2/c1-25(15-18-13-20(24-27-18)16-7-4-3-5-8-16)14-17-10-11-21(26-2)22-19(17)9-6-12-23-22/h3-12,18H,13-15H2,1-2H3/t18-/m1/s1. The van der Waals surface area contributed by atoms with E-state index in [2.05, 4.69) is 46.4 Å². The van der Waals surface area contributed by atoms with E-state index in [1.807, 2.05) is 30.3 Å². The Labute approximate surface area is 159 Å². The Kier molecular flexibility index (Phi) is 5.03. The molecule has 2 heterocycles. The summed E-state index contributed by atoms with van der Waals surface area (Å²) in [5, 5.41) is 5.41. The van der Waals surface area contributed by atoms with Gasteiger partial charge in [-0.3, -0.25) is 9.88 Å². The van der Waals surface area contributed by atoms with Crippen LogP contribution in [-0.2, 0) is 11.4 Å². The van der Waals surface area contributed by atoms with E-state index in [0.717, 1.165) is 47.4 Å². The van der Waals surface area contributed by atoms with Crippen molar-refractivity contribution < 1.29 is 9.57 Å². The van der Waals surface area contributed by atoms with Gasteiger partial charge in [0.05, 0.1) is 12.8 Å². The number of rotatable bonds is 6. The van der Waals surface area contributed by atoms with Gasteiger partial charge in [-0.05, 0) is 30.3 Å². The molecule has 4 rings (SSSR count). The minimum absolute atomic E-state index is 0.0767. The predicted octanol–water partition coefficient (Wildman–Crippen LogP) is 3.87. The fourth-order valence-corrected chi connectivity index (χ4v) is 3.54. The van der Waals surface area contributed by atoms with Crippen LogP contribution >= 0.6 is 0 Å². The number of oxime groups is 1. The second-order valence-corrected chi connectivity index (χ2v) is 6.86. The minimum atomic E-state index is 0.0767. The summed E-state index contributed by atoms with van der Waals surface area (Å²) in [6.45, 7) is 1.63. The highest BCUT2D eigenvalue weighted by Gasteiger charge is 2.23. The molecule has 138 valence electrons. The summed E-state index contributed by atoms with van der Waals surface area (Å²) in [6.07, 6.45) is 2.71. The molecule has 0 radical (unpaired) electrons. The van der Waals surface area contributed by atoms with Gasteiger partial charge in [0, 0.05) is 31.1 Å². The van der Waals surface area contributed by atoms with E-state index in [1.54, 1.807) is 13.3 Å². The number of methoxy groups -OCH3 is 1. The van der Waals surface area contributed by atoms with E-state index in [1.165, 1.54) is 5.56 Å². The van der Waals surface area contributed by atoms with Crippen LogP contribution in [0.25, 0.3) is 10.9 Å². The van der Waals surface area contributed by atoms with Crippen molar-refractivity contribution in [2.24, 2.45) is 5.16 Å². The highest BCUT2D eigenvalue weighted by molar-refractivity contribution is 6.01. The van der Waals surface area contributed by atoms with Crippen molar-refractivity contribution in [3.63, 3.8) is 0 Å². The molecule has 0 bridgehead atoms. The van der Waals surface area contributed by atoms with Crippen LogP contribution in [0.3, 0.4) is 0 Å². The number of hydrogen-bond donors (Lipinski definition) is 0. The van der Waals surface area contributed by atoms with Crippen LogP contribution in [0.4, 0.5) is 0 Å². The number of aromatic nitrogens is 1. The molecule has 0 aliphatic carbocycles. The lowest BCUT2D eigenvalue weighted by Crippen LogP contribution is -2.29. The molecule has 1 aliphatic heterocycles. The van der Waals surface area contributed by atoms with E-state index in [0.29, 0.717) is 0 Å². The van der Waals surface area contributed by atoms with Crippen LogP contribution in [0.5, 0.6) is 5.75 Å². The second kappa shape index (κ2) is 7.76. The van der Waals surface area contributed by atoms with Crippen LogP contribution < -0.4 is 4.74 Å². The van der Waals surface area contributed by atoms with E-state index in [-0.39, 0.29) is 6.10 Å². The van der Waals surface area contributed by atoms with Crippen molar-refractivity contribution in [2.75, 3.05) is 20.7 Å². The topological polar surface area (TPSA) is 47.0 Å². The van der Waals surface area contributed by atoms with Crippen molar-refractivity contribution in [2.45, 2.75) is 19.1 Å². The molecule has 1 aromatic heterocycles. The molecule has 27 heavy (non-hydrogen) atoms. The van der Waals surface area contributed by atoms with Gasteiger partial charge in [0.1, 0.15) is 17.4 Å². The third kappa shape index (κ3) is 3.78. The van der Waals surface area contributed by atoms with Crippen LogP contribution in [0.15, 0.2) is 65.9 Å². The molecule has 0 unspecified atom stereocenters. The molecule has 5 nitrogen and oxygen atoms in total. The van der Waals surface area contributed by atoms with Crippen LogP contribution in [0, 0.1) is 0 Å². The highest BCUT2D eigenvalue weighted by Crippen LogP contribution is 2.27. The van der Waals surface area contributed by atoms with Gasteiger partial charge in [0.15, 0.2) is 0 Å². The molecular weight excluding hydrogens is 338 g/mol. The molecule has 3 aromatic rings. The van der Waals surface area contributed by atoms with Gasteiger partial charge >= 0.3 is 0 Å². The molecule has 2 aromatic carbocycles. The summed E-state index contributed by atoms with van der Waals surface area (Å²) in [5.41, 5.74) is 4.28. The fourth-order valence-electron chi connectivity index (χ4n) is 3.54. The van der Waals surface area contributed by atoms with Crippen LogP contribution in [0.2, 0.25) is 0 Å². The van der Waals surface area contributed by atoms with Crippen molar-refractivity contribution >= 4 is 16.6 Å². The van der Waals surface area contributed by atoms with Gasteiger partial charge in [0.2, 0.25) is 0 Å². The third-order valence-corrected chi connectivity index (χ3v) is 4.84. The molecule has 0 amide bonds. The molecular formula is C22H23N3O2. The number of pyridine rings is 1. The summed E-state index contributed by atoms with van der Waals surface area (Å²) in [7, 11) is 3.79. The number of ether oxygens (including phenoxy) is 1. The summed E-state index contributed by atoms with van der Waals surface area (Å²) < 4.78 is 5.44. The van der Waals surface area contributed by atoms with Gasteiger partial charge < -0.3 is 9.57 Å². The first-order valence-electron chi connectivity index (χ1n) is 9.12. The number of fused-ring (bicyclic) bond motifs is 1. The summed E-state index contributed by atoms with van der Waals surface area (Å²) >= 11 is 0. The Bertz CT molecular complexity index is 956. The molecule has 0 saturated carbocycles. The number of nitrogens with zero attached hydrogens (tertiary/aromatic N) is 3. The summed E-state index contributed by atoms with van der Waals surface area (Å²) in [5.74, 6) is 0.803. The molecule has 1 atom stereocenters. The fraction of sp³-hybridized carbons (Fsp3) is 0.273. The molecule has 1 aliphatic rings. The van der Waals surface area contributed by atoms with Gasteiger partial charge in [-0.1, -0.05) is 47.6 Å². The maximum absolute atomic E-state index is 5.67. The van der Waals surface area contributed by atoms with Gasteiger partial charge in [-0.15, -0.1) is 0 Å². The van der Waals surface area contributed by atoms with Crippen molar-refractivity contribution in [3.8, 4) is 5.75 Å². The molecule has 5 heteroatoms. The molecule has 0 N–H and O–H groups in total. The minimum Gasteiger partial charge on any atom is -0.494 e. The Morgan fingerprint density at radius 1 is 1.11 bits per heavy atom.